The number of rotatable bonds is 8. The molecular formula is C22H24FNO4S. The molecule has 1 atom stereocenters. The zero-order chi connectivity index (χ0) is 21.0. The van der Waals surface area contributed by atoms with Gasteiger partial charge in [-0.25, -0.2) is 4.39 Å². The molecule has 2 aromatic carbocycles. The van der Waals surface area contributed by atoms with Crippen molar-refractivity contribution in [2.75, 3.05) is 20.3 Å². The Kier molecular flexibility index (Phi) is 6.84. The largest absolute Gasteiger partial charge is 0.490 e. The Balaban J connectivity index is 1.66. The second kappa shape index (κ2) is 9.35. The fourth-order valence-corrected chi connectivity index (χ4v) is 4.33. The average Bonchev–Trinajstić information content (AvgIpc) is 3.06. The normalized spacial score (nSPS) is 12.2. The summed E-state index contributed by atoms with van der Waals surface area (Å²) in [6.45, 7) is 4.08. The lowest BCUT2D eigenvalue weighted by Crippen LogP contribution is -2.35. The van der Waals surface area contributed by atoms with Crippen molar-refractivity contribution in [3.8, 4) is 5.75 Å². The third kappa shape index (κ3) is 4.75. The predicted octanol–water partition coefficient (Wildman–Crippen LogP) is 3.97. The van der Waals surface area contributed by atoms with Crippen LogP contribution in [0, 0.1) is 19.7 Å². The number of carbonyl (C=O) groups excluding carboxylic acids is 1. The van der Waals surface area contributed by atoms with Crippen LogP contribution in [0.25, 0.3) is 10.1 Å². The Morgan fingerprint density at radius 3 is 2.59 bits per heavy atom. The minimum Gasteiger partial charge on any atom is -0.490 e. The second-order valence-corrected chi connectivity index (χ2v) is 7.90. The van der Waals surface area contributed by atoms with E-state index in [1.165, 1.54) is 24.5 Å². The Labute approximate surface area is 173 Å². The van der Waals surface area contributed by atoms with Crippen LogP contribution in [0.15, 0.2) is 36.4 Å². The highest BCUT2D eigenvalue weighted by Gasteiger charge is 2.21. The van der Waals surface area contributed by atoms with Crippen molar-refractivity contribution in [1.82, 2.24) is 5.32 Å². The van der Waals surface area contributed by atoms with E-state index < -0.39 is 6.10 Å². The fraction of sp³-hybridized carbons (Fsp3) is 0.318. The smallest absolute Gasteiger partial charge is 0.261 e. The summed E-state index contributed by atoms with van der Waals surface area (Å²) in [5.74, 6) is -0.0177. The molecule has 0 aliphatic carbocycles. The number of methoxy groups -OCH3 is 1. The minimum absolute atomic E-state index is 0.0207. The molecule has 0 spiro atoms. The summed E-state index contributed by atoms with van der Waals surface area (Å²) < 4.78 is 25.8. The number of nitrogens with one attached hydrogen (secondary N) is 1. The molecule has 0 radical (unpaired) electrons. The van der Waals surface area contributed by atoms with Crippen molar-refractivity contribution in [1.29, 1.82) is 0 Å². The summed E-state index contributed by atoms with van der Waals surface area (Å²) in [6, 6.07) is 10.6. The Hall–Kier alpha value is -2.48. The van der Waals surface area contributed by atoms with Gasteiger partial charge in [-0.2, -0.15) is 0 Å². The Morgan fingerprint density at radius 1 is 1.21 bits per heavy atom. The number of para-hydroxylation sites is 1. The zero-order valence-electron chi connectivity index (χ0n) is 16.6. The van der Waals surface area contributed by atoms with Gasteiger partial charge in [0.1, 0.15) is 24.3 Å². The number of halogens is 1. The van der Waals surface area contributed by atoms with E-state index >= 15 is 0 Å². The highest BCUT2D eigenvalue weighted by Crippen LogP contribution is 2.33. The van der Waals surface area contributed by atoms with Gasteiger partial charge in [0.2, 0.25) is 0 Å². The van der Waals surface area contributed by atoms with E-state index in [0.717, 1.165) is 16.9 Å². The third-order valence-electron chi connectivity index (χ3n) is 4.59. The molecule has 0 bridgehead atoms. The van der Waals surface area contributed by atoms with E-state index in [4.69, 9.17) is 9.47 Å². The molecule has 0 fully saturated rings. The number of aliphatic hydroxyl groups excluding tert-OH is 1. The van der Waals surface area contributed by atoms with Gasteiger partial charge in [-0.3, -0.25) is 4.79 Å². The van der Waals surface area contributed by atoms with Gasteiger partial charge >= 0.3 is 0 Å². The highest BCUT2D eigenvalue weighted by atomic mass is 32.1. The molecule has 1 unspecified atom stereocenters. The molecule has 5 nitrogen and oxygen atoms in total. The summed E-state index contributed by atoms with van der Waals surface area (Å²) in [5.41, 5.74) is 2.49. The number of carbonyl (C=O) groups is 1. The summed E-state index contributed by atoms with van der Waals surface area (Å²) >= 11 is 1.21. The maximum absolute atomic E-state index is 14.3. The lowest BCUT2D eigenvalue weighted by Gasteiger charge is -2.16. The summed E-state index contributed by atoms with van der Waals surface area (Å²) in [7, 11) is 1.50. The van der Waals surface area contributed by atoms with Gasteiger partial charge in [0, 0.05) is 29.3 Å². The van der Waals surface area contributed by atoms with Crippen LogP contribution < -0.4 is 10.1 Å². The summed E-state index contributed by atoms with van der Waals surface area (Å²) in [6.07, 6.45) is -0.880. The number of benzene rings is 2. The molecule has 29 heavy (non-hydrogen) atoms. The first-order chi connectivity index (χ1) is 13.9. The van der Waals surface area contributed by atoms with Crippen LogP contribution in [-0.2, 0) is 11.3 Å². The van der Waals surface area contributed by atoms with Crippen molar-refractivity contribution in [2.24, 2.45) is 0 Å². The SMILES string of the molecule is COCc1c(C(=O)NCC(O)COc2c(C)cccc2C)sc2cccc(F)c12. The van der Waals surface area contributed by atoms with Crippen LogP contribution in [0.3, 0.4) is 0 Å². The first-order valence-corrected chi connectivity index (χ1v) is 10.1. The van der Waals surface area contributed by atoms with Crippen LogP contribution in [-0.4, -0.2) is 37.4 Å². The molecule has 0 saturated heterocycles. The Morgan fingerprint density at radius 2 is 1.90 bits per heavy atom. The van der Waals surface area contributed by atoms with E-state index in [1.807, 2.05) is 32.0 Å². The van der Waals surface area contributed by atoms with Crippen LogP contribution in [0.1, 0.15) is 26.4 Å². The number of ether oxygens (including phenoxy) is 2. The van der Waals surface area contributed by atoms with Crippen molar-refractivity contribution >= 4 is 27.3 Å². The van der Waals surface area contributed by atoms with Crippen molar-refractivity contribution in [2.45, 2.75) is 26.6 Å². The number of thiophene rings is 1. The molecule has 1 heterocycles. The van der Waals surface area contributed by atoms with Crippen LogP contribution >= 0.6 is 11.3 Å². The Bertz CT molecular complexity index is 997. The minimum atomic E-state index is -0.880. The number of hydrogen-bond acceptors (Lipinski definition) is 5. The van der Waals surface area contributed by atoms with E-state index in [0.29, 0.717) is 20.5 Å². The monoisotopic (exact) mass is 417 g/mol. The van der Waals surface area contributed by atoms with Crippen LogP contribution in [0.5, 0.6) is 5.75 Å². The molecule has 2 N–H and O–H groups in total. The quantitative estimate of drug-likeness (QED) is 0.582. The molecule has 0 aliphatic rings. The number of fused-ring (bicyclic) bond motifs is 1. The van der Waals surface area contributed by atoms with Gasteiger partial charge in [-0.1, -0.05) is 24.3 Å². The summed E-state index contributed by atoms with van der Waals surface area (Å²) in [5, 5.41) is 13.3. The van der Waals surface area contributed by atoms with E-state index in [2.05, 4.69) is 5.32 Å². The van der Waals surface area contributed by atoms with Crippen molar-refractivity contribution in [3.63, 3.8) is 0 Å². The van der Waals surface area contributed by atoms with Gasteiger partial charge in [0.05, 0.1) is 11.5 Å². The maximum Gasteiger partial charge on any atom is 0.261 e. The maximum atomic E-state index is 14.3. The first kappa shape index (κ1) is 21.2. The van der Waals surface area contributed by atoms with Gasteiger partial charge in [0.15, 0.2) is 0 Å². The molecule has 0 aliphatic heterocycles. The number of aliphatic hydroxyl groups is 1. The number of hydrogen-bond donors (Lipinski definition) is 2. The molecule has 1 amide bonds. The zero-order valence-corrected chi connectivity index (χ0v) is 17.4. The van der Waals surface area contributed by atoms with E-state index in [1.54, 1.807) is 12.1 Å². The molecule has 3 aromatic rings. The van der Waals surface area contributed by atoms with Gasteiger partial charge in [-0.15, -0.1) is 11.3 Å². The molecule has 1 aromatic heterocycles. The third-order valence-corrected chi connectivity index (χ3v) is 5.78. The lowest BCUT2D eigenvalue weighted by molar-refractivity contribution is 0.0842. The highest BCUT2D eigenvalue weighted by molar-refractivity contribution is 7.21. The molecule has 7 heteroatoms. The van der Waals surface area contributed by atoms with E-state index in [-0.39, 0.29) is 31.5 Å². The molecule has 154 valence electrons. The van der Waals surface area contributed by atoms with Crippen molar-refractivity contribution in [3.05, 3.63) is 63.8 Å². The van der Waals surface area contributed by atoms with Gasteiger partial charge < -0.3 is 19.9 Å². The van der Waals surface area contributed by atoms with Crippen LogP contribution in [0.2, 0.25) is 0 Å². The second-order valence-electron chi connectivity index (χ2n) is 6.85. The summed E-state index contributed by atoms with van der Waals surface area (Å²) in [4.78, 5) is 13.1. The van der Waals surface area contributed by atoms with Gasteiger partial charge in [-0.05, 0) is 37.1 Å². The number of amides is 1. The molecular weight excluding hydrogens is 393 g/mol. The lowest BCUT2D eigenvalue weighted by atomic mass is 10.1. The molecule has 3 rings (SSSR count). The van der Waals surface area contributed by atoms with Crippen molar-refractivity contribution < 1.29 is 23.8 Å². The van der Waals surface area contributed by atoms with E-state index in [9.17, 15) is 14.3 Å². The predicted molar refractivity (Wildman–Crippen MR) is 112 cm³/mol. The first-order valence-electron chi connectivity index (χ1n) is 9.26. The topological polar surface area (TPSA) is 67.8 Å². The van der Waals surface area contributed by atoms with Gasteiger partial charge in [0.25, 0.3) is 5.91 Å². The van der Waals surface area contributed by atoms with Crippen LogP contribution in [0.4, 0.5) is 4.39 Å². The fourth-order valence-electron chi connectivity index (χ4n) is 3.19. The average molecular weight is 418 g/mol. The molecule has 0 saturated carbocycles. The number of aryl methyl sites for hydroxylation is 2. The standard InChI is InChI=1S/C22H24FNO4S/c1-13-6-4-7-14(2)20(13)28-11-15(25)10-24-22(26)21-16(12-27-3)19-17(23)8-5-9-18(19)29-21/h4-9,15,25H,10-12H2,1-3H3,(H,24,26).